The number of anilines is 2. The van der Waals surface area contributed by atoms with Crippen LogP contribution in [0.3, 0.4) is 0 Å². The van der Waals surface area contributed by atoms with E-state index in [1.54, 1.807) is 12.1 Å². The maximum Gasteiger partial charge on any atom is 0.416 e. The van der Waals surface area contributed by atoms with Crippen molar-refractivity contribution in [3.05, 3.63) is 78.0 Å². The first kappa shape index (κ1) is 31.6. The average molecular weight is 609 g/mol. The lowest BCUT2D eigenvalue weighted by molar-refractivity contribution is -0.137. The Kier molecular flexibility index (Phi) is 9.74. The summed E-state index contributed by atoms with van der Waals surface area (Å²) in [6, 6.07) is 10.8. The number of nitrogens with zero attached hydrogens (tertiary/aromatic N) is 5. The summed E-state index contributed by atoms with van der Waals surface area (Å²) in [6.45, 7) is 2.68. The zero-order chi connectivity index (χ0) is 30.5. The molecule has 0 unspecified atom stereocenters. The van der Waals surface area contributed by atoms with Gasteiger partial charge in [0.2, 0.25) is 0 Å². The lowest BCUT2D eigenvalue weighted by Gasteiger charge is -2.49. The van der Waals surface area contributed by atoms with Crippen molar-refractivity contribution in [1.29, 1.82) is 0 Å². The van der Waals surface area contributed by atoms with Crippen LogP contribution in [0.25, 0.3) is 0 Å². The molecule has 0 radical (unpaired) electrons. The molecular weight excluding hydrogens is 572 g/mol. The van der Waals surface area contributed by atoms with Crippen LogP contribution >= 0.6 is 0 Å². The minimum Gasteiger partial charge on any atom is -0.370 e. The monoisotopic (exact) mass is 608 g/mol. The second-order valence-corrected chi connectivity index (χ2v) is 12.6. The fourth-order valence-corrected chi connectivity index (χ4v) is 6.42. The van der Waals surface area contributed by atoms with Gasteiger partial charge < -0.3 is 9.80 Å². The lowest BCUT2D eigenvalue weighted by Crippen LogP contribution is -2.59. The van der Waals surface area contributed by atoms with Gasteiger partial charge in [0.25, 0.3) is 10.0 Å². The predicted molar refractivity (Wildman–Crippen MR) is 154 cm³/mol. The van der Waals surface area contributed by atoms with E-state index in [2.05, 4.69) is 24.5 Å². The molecule has 228 valence electrons. The van der Waals surface area contributed by atoms with Gasteiger partial charge in [0.1, 0.15) is 22.9 Å². The van der Waals surface area contributed by atoms with Crippen LogP contribution in [0, 0.1) is 5.82 Å². The zero-order valence-corrected chi connectivity index (χ0v) is 24.7. The van der Waals surface area contributed by atoms with Crippen LogP contribution in [0.5, 0.6) is 0 Å². The van der Waals surface area contributed by atoms with E-state index in [1.165, 1.54) is 42.9 Å². The van der Waals surface area contributed by atoms with Crippen molar-refractivity contribution in [2.75, 3.05) is 56.9 Å². The third kappa shape index (κ3) is 7.75. The Labute approximate surface area is 244 Å². The van der Waals surface area contributed by atoms with Crippen molar-refractivity contribution < 1.29 is 26.0 Å². The van der Waals surface area contributed by atoms with E-state index < -0.39 is 38.0 Å². The number of sulfonamides is 1. The molecule has 2 aromatic carbocycles. The van der Waals surface area contributed by atoms with Crippen LogP contribution in [0.1, 0.15) is 30.4 Å². The van der Waals surface area contributed by atoms with Crippen LogP contribution in [0.2, 0.25) is 0 Å². The van der Waals surface area contributed by atoms with Gasteiger partial charge >= 0.3 is 6.18 Å². The first-order valence-corrected chi connectivity index (χ1v) is 15.1. The van der Waals surface area contributed by atoms with E-state index in [0.29, 0.717) is 37.2 Å². The molecule has 13 heteroatoms. The third-order valence-corrected chi connectivity index (χ3v) is 9.16. The molecular formula is C29H36F4N6O2S. The molecule has 0 spiro atoms. The molecule has 1 N–H and O–H groups in total. The number of aromatic nitrogens is 2. The molecule has 1 aliphatic heterocycles. The minimum absolute atomic E-state index is 0.0239. The zero-order valence-electron chi connectivity index (χ0n) is 23.9. The van der Waals surface area contributed by atoms with Crippen LogP contribution in [0.4, 0.5) is 29.1 Å². The quantitative estimate of drug-likeness (QED) is 0.310. The van der Waals surface area contributed by atoms with E-state index >= 15 is 4.39 Å². The predicted octanol–water partition coefficient (Wildman–Crippen LogP) is 4.90. The molecule has 2 heterocycles. The molecule has 4 rings (SSSR count). The van der Waals surface area contributed by atoms with Gasteiger partial charge in [-0.2, -0.15) is 13.2 Å². The van der Waals surface area contributed by atoms with Crippen molar-refractivity contribution >= 4 is 21.5 Å². The number of piperidine rings is 1. The second kappa shape index (κ2) is 12.9. The highest BCUT2D eigenvalue weighted by molar-refractivity contribution is 7.92. The molecule has 0 aliphatic carbocycles. The Morgan fingerprint density at radius 2 is 1.86 bits per heavy atom. The summed E-state index contributed by atoms with van der Waals surface area (Å²) in [7, 11) is 1.76. The molecule has 0 amide bonds. The van der Waals surface area contributed by atoms with E-state index in [1.807, 2.05) is 26.0 Å². The molecule has 1 saturated heterocycles. The number of hydrogen-bond acceptors (Lipinski definition) is 7. The van der Waals surface area contributed by atoms with Crippen molar-refractivity contribution in [2.24, 2.45) is 0 Å². The Morgan fingerprint density at radius 3 is 2.52 bits per heavy atom. The van der Waals surface area contributed by atoms with Crippen LogP contribution < -0.4 is 9.62 Å². The third-order valence-electron chi connectivity index (χ3n) is 7.77. The summed E-state index contributed by atoms with van der Waals surface area (Å²) in [5, 5.41) is 0. The van der Waals surface area contributed by atoms with E-state index in [4.69, 9.17) is 0 Å². The highest BCUT2D eigenvalue weighted by Crippen LogP contribution is 2.36. The van der Waals surface area contributed by atoms with Gasteiger partial charge in [-0.05, 0) is 82.7 Å². The fourth-order valence-electron chi connectivity index (χ4n) is 5.35. The van der Waals surface area contributed by atoms with E-state index in [9.17, 15) is 21.6 Å². The summed E-state index contributed by atoms with van der Waals surface area (Å²) in [6.07, 6.45) is 0.802. The average Bonchev–Trinajstić information content (AvgIpc) is 2.94. The van der Waals surface area contributed by atoms with Crippen LogP contribution in [-0.4, -0.2) is 81.0 Å². The molecule has 3 aromatic rings. The summed E-state index contributed by atoms with van der Waals surface area (Å²) >= 11 is 0. The topological polar surface area (TPSA) is 81.7 Å². The van der Waals surface area contributed by atoms with Gasteiger partial charge in [-0.15, -0.1) is 0 Å². The number of nitrogens with one attached hydrogen (secondary N) is 1. The number of benzene rings is 2. The van der Waals surface area contributed by atoms with Gasteiger partial charge in [0.15, 0.2) is 0 Å². The first-order valence-electron chi connectivity index (χ1n) is 13.6. The largest absolute Gasteiger partial charge is 0.416 e. The van der Waals surface area contributed by atoms with Gasteiger partial charge in [-0.1, -0.05) is 18.2 Å². The van der Waals surface area contributed by atoms with E-state index in [-0.39, 0.29) is 5.82 Å². The van der Waals surface area contributed by atoms with Gasteiger partial charge in [-0.25, -0.2) is 22.8 Å². The highest BCUT2D eigenvalue weighted by Gasteiger charge is 2.39. The number of aryl methyl sites for hydroxylation is 1. The Morgan fingerprint density at radius 1 is 1.07 bits per heavy atom. The lowest BCUT2D eigenvalue weighted by atomic mass is 9.81. The summed E-state index contributed by atoms with van der Waals surface area (Å²) in [4.78, 5) is 13.4. The van der Waals surface area contributed by atoms with E-state index in [0.717, 1.165) is 32.0 Å². The smallest absolute Gasteiger partial charge is 0.370 e. The molecule has 42 heavy (non-hydrogen) atoms. The normalized spacial score (nSPS) is 18.1. The summed E-state index contributed by atoms with van der Waals surface area (Å²) in [5.41, 5.74) is 0.0925. The molecule has 8 nitrogen and oxygen atoms in total. The van der Waals surface area contributed by atoms with Gasteiger partial charge in [-0.3, -0.25) is 9.62 Å². The summed E-state index contributed by atoms with van der Waals surface area (Å²) in [5.74, 6) is -0.869. The maximum atomic E-state index is 15.3. The highest BCUT2D eigenvalue weighted by atomic mass is 32.2. The standard InChI is InChI=1S/C29H36F4N6O2S/c1-37(2)16-17-38(3)28(13-10-22-6-4-7-23(18-22)29(31,32)33)12-5-15-39(20-28)24-8-9-26(25(30)19-24)42(40,41)36-27-11-14-34-21-35-27/h4,6-9,11,14,18-19,21H,5,10,12-13,15-17,20H2,1-3H3,(H,34,35,36)/t28-/m1/s1. The van der Waals surface area contributed by atoms with Crippen LogP contribution in [0.15, 0.2) is 66.0 Å². The molecule has 1 fully saturated rings. The fraction of sp³-hybridized carbons (Fsp3) is 0.448. The van der Waals surface area contributed by atoms with Crippen molar-refractivity contribution in [3.63, 3.8) is 0 Å². The minimum atomic E-state index is -4.41. The van der Waals surface area contributed by atoms with Crippen molar-refractivity contribution in [3.8, 4) is 0 Å². The Hall–Kier alpha value is -3.29. The molecule has 1 atom stereocenters. The van der Waals surface area contributed by atoms with Crippen LogP contribution in [-0.2, 0) is 22.6 Å². The maximum absolute atomic E-state index is 15.3. The van der Waals surface area contributed by atoms with Crippen molar-refractivity contribution in [1.82, 2.24) is 19.8 Å². The molecule has 0 saturated carbocycles. The molecule has 0 bridgehead atoms. The molecule has 1 aromatic heterocycles. The molecule has 1 aliphatic rings. The number of likely N-dealkylation sites (N-methyl/N-ethyl adjacent to an activating group) is 2. The van der Waals surface area contributed by atoms with Gasteiger partial charge in [0, 0.05) is 43.6 Å². The summed E-state index contributed by atoms with van der Waals surface area (Å²) < 4.78 is 83.2. The number of hydrogen-bond donors (Lipinski definition) is 1. The Balaban J connectivity index is 1.57. The SMILES string of the molecule is CN(C)CCN(C)[C@@]1(CCc2cccc(C(F)(F)F)c2)CCCN(c2ccc(S(=O)(=O)Nc3ccncn3)c(F)c2)C1. The Bertz CT molecular complexity index is 1460. The first-order chi connectivity index (χ1) is 19.8. The number of rotatable bonds is 11. The van der Waals surface area contributed by atoms with Crippen molar-refractivity contribution in [2.45, 2.75) is 42.3 Å². The number of halogens is 4. The number of alkyl halides is 3. The second-order valence-electron chi connectivity index (χ2n) is 11.0. The van der Waals surface area contributed by atoms with Gasteiger partial charge in [0.05, 0.1) is 5.56 Å².